The highest BCUT2D eigenvalue weighted by Gasteiger charge is 2.08. The van der Waals surface area contributed by atoms with E-state index in [0.717, 1.165) is 5.56 Å². The Morgan fingerprint density at radius 2 is 1.93 bits per heavy atom. The van der Waals surface area contributed by atoms with Gasteiger partial charge in [-0.1, -0.05) is 17.7 Å². The molecule has 1 unspecified atom stereocenters. The Balaban J connectivity index is 2.70. The maximum absolute atomic E-state index is 11.6. The summed E-state index contributed by atoms with van der Waals surface area (Å²) in [6, 6.07) is 7.29. The first kappa shape index (κ1) is 11.4. The summed E-state index contributed by atoms with van der Waals surface area (Å²) in [7, 11) is -1.26. The van der Waals surface area contributed by atoms with E-state index in [1.54, 1.807) is 12.1 Å². The zero-order chi connectivity index (χ0) is 10.6. The summed E-state index contributed by atoms with van der Waals surface area (Å²) in [4.78, 5) is 11.6. The van der Waals surface area contributed by atoms with Crippen molar-refractivity contribution in [2.45, 2.75) is 11.8 Å². The maximum Gasteiger partial charge on any atom is 0.160 e. The number of hydrogen-bond acceptors (Lipinski definition) is 2. The highest BCUT2D eigenvalue weighted by molar-refractivity contribution is 7.85. The molecular formula is C10H11ClO2S. The molecule has 0 aliphatic heterocycles. The highest BCUT2D eigenvalue weighted by atomic mass is 35.5. The van der Waals surface area contributed by atoms with E-state index in [-0.39, 0.29) is 17.4 Å². The zero-order valence-electron chi connectivity index (χ0n) is 7.83. The molecular weight excluding hydrogens is 220 g/mol. The van der Waals surface area contributed by atoms with Gasteiger partial charge in [0.25, 0.3) is 0 Å². The van der Waals surface area contributed by atoms with Crippen LogP contribution in [-0.2, 0) is 15.6 Å². The van der Waals surface area contributed by atoms with Crippen molar-refractivity contribution in [3.8, 4) is 0 Å². The second-order valence-corrected chi connectivity index (χ2v) is 4.69. The van der Waals surface area contributed by atoms with Crippen LogP contribution in [0, 0.1) is 6.92 Å². The molecule has 0 saturated carbocycles. The number of aryl methyl sites for hydroxylation is 1. The summed E-state index contributed by atoms with van der Waals surface area (Å²) in [6.45, 7) is 1.95. The SMILES string of the molecule is Cc1ccc(S(=O)CC(=O)CCl)cc1. The first-order chi connectivity index (χ1) is 6.63. The van der Waals surface area contributed by atoms with Crippen molar-refractivity contribution in [3.63, 3.8) is 0 Å². The van der Waals surface area contributed by atoms with Gasteiger partial charge in [0.05, 0.1) is 22.4 Å². The van der Waals surface area contributed by atoms with Crippen molar-refractivity contribution >= 4 is 28.2 Å². The third kappa shape index (κ3) is 3.24. The molecule has 0 aromatic heterocycles. The average molecular weight is 231 g/mol. The summed E-state index contributed by atoms with van der Waals surface area (Å²) in [6.07, 6.45) is 0. The summed E-state index contributed by atoms with van der Waals surface area (Å²) in [5.41, 5.74) is 1.11. The van der Waals surface area contributed by atoms with Crippen molar-refractivity contribution in [2.75, 3.05) is 11.6 Å². The van der Waals surface area contributed by atoms with E-state index in [1.807, 2.05) is 19.1 Å². The Labute approximate surface area is 90.7 Å². The molecule has 0 aliphatic rings. The first-order valence-corrected chi connectivity index (χ1v) is 6.01. The number of carbonyl (C=O) groups is 1. The molecule has 76 valence electrons. The van der Waals surface area contributed by atoms with Crippen LogP contribution in [0.1, 0.15) is 5.56 Å². The highest BCUT2D eigenvalue weighted by Crippen LogP contribution is 2.08. The average Bonchev–Trinajstić information content (AvgIpc) is 2.18. The lowest BCUT2D eigenvalue weighted by Crippen LogP contribution is -2.11. The Kier molecular flexibility index (Phi) is 4.29. The molecule has 0 spiro atoms. The van der Waals surface area contributed by atoms with Crippen LogP contribution in [0.5, 0.6) is 0 Å². The van der Waals surface area contributed by atoms with E-state index in [4.69, 9.17) is 11.6 Å². The smallest absolute Gasteiger partial charge is 0.160 e. The molecule has 1 aromatic carbocycles. The van der Waals surface area contributed by atoms with Crippen molar-refractivity contribution < 1.29 is 9.00 Å². The summed E-state index contributed by atoms with van der Waals surface area (Å²) >= 11 is 5.32. The minimum Gasteiger partial charge on any atom is -0.297 e. The quantitative estimate of drug-likeness (QED) is 0.741. The lowest BCUT2D eigenvalue weighted by atomic mass is 10.2. The van der Waals surface area contributed by atoms with E-state index >= 15 is 0 Å². The van der Waals surface area contributed by atoms with Crippen LogP contribution in [0.2, 0.25) is 0 Å². The number of hydrogen-bond donors (Lipinski definition) is 0. The molecule has 0 fully saturated rings. The van der Waals surface area contributed by atoms with E-state index in [0.29, 0.717) is 4.90 Å². The molecule has 1 rings (SSSR count). The fourth-order valence-electron chi connectivity index (χ4n) is 0.958. The van der Waals surface area contributed by atoms with Gasteiger partial charge in [-0.3, -0.25) is 9.00 Å². The predicted molar refractivity (Wildman–Crippen MR) is 58.2 cm³/mol. The second-order valence-electron chi connectivity index (χ2n) is 2.98. The van der Waals surface area contributed by atoms with Gasteiger partial charge in [0.2, 0.25) is 0 Å². The molecule has 0 N–H and O–H groups in total. The van der Waals surface area contributed by atoms with Crippen LogP contribution in [0.3, 0.4) is 0 Å². The molecule has 0 radical (unpaired) electrons. The van der Waals surface area contributed by atoms with Crippen LogP contribution < -0.4 is 0 Å². The second kappa shape index (κ2) is 5.27. The third-order valence-electron chi connectivity index (χ3n) is 1.73. The van der Waals surface area contributed by atoms with Crippen molar-refractivity contribution in [1.29, 1.82) is 0 Å². The number of alkyl halides is 1. The van der Waals surface area contributed by atoms with Gasteiger partial charge in [0.15, 0.2) is 5.78 Å². The monoisotopic (exact) mass is 230 g/mol. The lowest BCUT2D eigenvalue weighted by Gasteiger charge is -2.00. The van der Waals surface area contributed by atoms with Gasteiger partial charge in [-0.2, -0.15) is 0 Å². The molecule has 0 amide bonds. The minimum absolute atomic E-state index is 0.00651. The van der Waals surface area contributed by atoms with Gasteiger partial charge in [0.1, 0.15) is 0 Å². The number of benzene rings is 1. The van der Waals surface area contributed by atoms with Crippen molar-refractivity contribution in [2.24, 2.45) is 0 Å². The summed E-state index contributed by atoms with van der Waals surface area (Å²) < 4.78 is 11.6. The topological polar surface area (TPSA) is 34.1 Å². The summed E-state index contributed by atoms with van der Waals surface area (Å²) in [5, 5.41) is 0. The Morgan fingerprint density at radius 1 is 1.36 bits per heavy atom. The zero-order valence-corrected chi connectivity index (χ0v) is 9.40. The van der Waals surface area contributed by atoms with Crippen LogP contribution >= 0.6 is 11.6 Å². The van der Waals surface area contributed by atoms with E-state index in [9.17, 15) is 9.00 Å². The largest absolute Gasteiger partial charge is 0.297 e. The maximum atomic E-state index is 11.6. The van der Waals surface area contributed by atoms with Crippen LogP contribution in [-0.4, -0.2) is 21.6 Å². The van der Waals surface area contributed by atoms with Crippen LogP contribution in [0.25, 0.3) is 0 Å². The van der Waals surface area contributed by atoms with Gasteiger partial charge in [0, 0.05) is 4.90 Å². The van der Waals surface area contributed by atoms with Gasteiger partial charge in [-0.15, -0.1) is 11.6 Å². The standard InChI is InChI=1S/C10H11ClO2S/c1-8-2-4-10(5-3-8)14(13)7-9(12)6-11/h2-5H,6-7H2,1H3. The number of Topliss-reactive ketones (excluding diaryl/α,β-unsaturated/α-hetero) is 1. The molecule has 1 atom stereocenters. The van der Waals surface area contributed by atoms with Gasteiger partial charge < -0.3 is 0 Å². The van der Waals surface area contributed by atoms with Crippen LogP contribution in [0.15, 0.2) is 29.2 Å². The van der Waals surface area contributed by atoms with Crippen molar-refractivity contribution in [1.82, 2.24) is 0 Å². The summed E-state index contributed by atoms with van der Waals surface area (Å²) in [5.74, 6) is -0.255. The number of halogens is 1. The Morgan fingerprint density at radius 3 is 2.43 bits per heavy atom. The minimum atomic E-state index is -1.26. The third-order valence-corrected chi connectivity index (χ3v) is 3.41. The molecule has 0 aliphatic carbocycles. The molecule has 2 nitrogen and oxygen atoms in total. The molecule has 4 heteroatoms. The molecule has 0 bridgehead atoms. The fraction of sp³-hybridized carbons (Fsp3) is 0.300. The van der Waals surface area contributed by atoms with E-state index in [2.05, 4.69) is 0 Å². The number of rotatable bonds is 4. The molecule has 0 heterocycles. The van der Waals surface area contributed by atoms with Crippen molar-refractivity contribution in [3.05, 3.63) is 29.8 Å². The first-order valence-electron chi connectivity index (χ1n) is 4.16. The lowest BCUT2D eigenvalue weighted by molar-refractivity contribution is -0.114. The van der Waals surface area contributed by atoms with E-state index in [1.165, 1.54) is 0 Å². The molecule has 0 saturated heterocycles. The Bertz CT molecular complexity index is 346. The van der Waals surface area contributed by atoms with Gasteiger partial charge in [-0.25, -0.2) is 0 Å². The van der Waals surface area contributed by atoms with Gasteiger partial charge in [-0.05, 0) is 19.1 Å². The molecule has 1 aromatic rings. The van der Waals surface area contributed by atoms with E-state index < -0.39 is 10.8 Å². The predicted octanol–water partition coefficient (Wildman–Crippen LogP) is 1.91. The fourth-order valence-corrected chi connectivity index (χ4v) is 2.17. The van der Waals surface area contributed by atoms with Crippen LogP contribution in [0.4, 0.5) is 0 Å². The normalized spacial score (nSPS) is 12.4. The number of ketones is 1. The molecule has 14 heavy (non-hydrogen) atoms. The Hall–Kier alpha value is -0.670. The van der Waals surface area contributed by atoms with Gasteiger partial charge >= 0.3 is 0 Å². The number of carbonyl (C=O) groups excluding carboxylic acids is 1.